The molecule has 2 atom stereocenters. The van der Waals surface area contributed by atoms with Crippen LogP contribution < -0.4 is 5.32 Å². The van der Waals surface area contributed by atoms with Crippen LogP contribution in [0.4, 0.5) is 4.79 Å². The van der Waals surface area contributed by atoms with Crippen LogP contribution in [0.5, 0.6) is 0 Å². The number of alkyl carbamates (subject to hydrolysis) is 1. The van der Waals surface area contributed by atoms with Crippen LogP contribution in [0.3, 0.4) is 0 Å². The highest BCUT2D eigenvalue weighted by Gasteiger charge is 2.31. The maximum Gasteiger partial charge on any atom is 0.407 e. The van der Waals surface area contributed by atoms with Crippen molar-refractivity contribution in [3.63, 3.8) is 0 Å². The summed E-state index contributed by atoms with van der Waals surface area (Å²) < 4.78 is 5.56. The Balaban J connectivity index is 1.21. The first-order valence-electron chi connectivity index (χ1n) is 12.6. The first-order valence-corrected chi connectivity index (χ1v) is 12.6. The third kappa shape index (κ3) is 5.84. The number of piperidine rings is 1. The zero-order valence-corrected chi connectivity index (χ0v) is 20.2. The molecule has 1 aliphatic carbocycles. The van der Waals surface area contributed by atoms with E-state index in [4.69, 9.17) is 9.84 Å². The fourth-order valence-electron chi connectivity index (χ4n) is 5.36. The van der Waals surface area contributed by atoms with Gasteiger partial charge in [0.25, 0.3) is 0 Å². The standard InChI is InChI=1S/C28H34N2O5/c1-19(27(33)30-16-7-6-10-20(30)17-26(31)32)9-8-15-29-28(34)35-18-25-23-13-4-2-11-21(23)22-12-3-5-14-24(22)25/h2-5,11-14,19-20,25H,6-10,15-18H2,1H3,(H,29,34)(H,31,32). The molecular formula is C28H34N2O5. The zero-order chi connectivity index (χ0) is 24.8. The second-order valence-corrected chi connectivity index (χ2v) is 9.57. The van der Waals surface area contributed by atoms with Crippen molar-refractivity contribution in [2.75, 3.05) is 19.7 Å². The van der Waals surface area contributed by atoms with E-state index in [-0.39, 0.29) is 36.8 Å². The number of aliphatic carboxylic acids is 1. The Morgan fingerprint density at radius 3 is 2.37 bits per heavy atom. The number of carbonyl (C=O) groups is 3. The summed E-state index contributed by atoms with van der Waals surface area (Å²) in [4.78, 5) is 38.1. The van der Waals surface area contributed by atoms with Crippen molar-refractivity contribution >= 4 is 18.0 Å². The Hall–Kier alpha value is -3.35. The number of amides is 2. The van der Waals surface area contributed by atoms with Crippen LogP contribution in [0, 0.1) is 5.92 Å². The Kier molecular flexibility index (Phi) is 8.06. The van der Waals surface area contributed by atoms with Gasteiger partial charge >= 0.3 is 12.1 Å². The Labute approximate surface area is 206 Å². The molecule has 0 aromatic heterocycles. The van der Waals surface area contributed by atoms with Crippen molar-refractivity contribution in [3.05, 3.63) is 59.7 Å². The fraction of sp³-hybridized carbons (Fsp3) is 0.464. The topological polar surface area (TPSA) is 95.9 Å². The molecule has 7 nitrogen and oxygen atoms in total. The van der Waals surface area contributed by atoms with Gasteiger partial charge in [0.15, 0.2) is 0 Å². The molecule has 2 unspecified atom stereocenters. The van der Waals surface area contributed by atoms with E-state index in [1.807, 2.05) is 31.2 Å². The highest BCUT2D eigenvalue weighted by molar-refractivity contribution is 5.80. The Bertz CT molecular complexity index is 1020. The fourth-order valence-corrected chi connectivity index (χ4v) is 5.36. The van der Waals surface area contributed by atoms with Crippen LogP contribution in [0.25, 0.3) is 11.1 Å². The van der Waals surface area contributed by atoms with E-state index in [2.05, 4.69) is 29.6 Å². The van der Waals surface area contributed by atoms with E-state index < -0.39 is 12.1 Å². The van der Waals surface area contributed by atoms with Crippen LogP contribution >= 0.6 is 0 Å². The summed E-state index contributed by atoms with van der Waals surface area (Å²) in [5.74, 6) is -1.05. The molecule has 2 N–H and O–H groups in total. The van der Waals surface area contributed by atoms with E-state index in [1.54, 1.807) is 4.90 Å². The van der Waals surface area contributed by atoms with Crippen molar-refractivity contribution in [2.24, 2.45) is 5.92 Å². The van der Waals surface area contributed by atoms with E-state index in [9.17, 15) is 14.4 Å². The van der Waals surface area contributed by atoms with E-state index in [1.165, 1.54) is 22.3 Å². The largest absolute Gasteiger partial charge is 0.481 e. The number of hydrogen-bond acceptors (Lipinski definition) is 4. The van der Waals surface area contributed by atoms with Crippen LogP contribution in [0.1, 0.15) is 62.5 Å². The number of rotatable bonds is 9. The van der Waals surface area contributed by atoms with Crippen molar-refractivity contribution in [2.45, 2.75) is 57.4 Å². The van der Waals surface area contributed by atoms with Crippen LogP contribution in [0.15, 0.2) is 48.5 Å². The first-order chi connectivity index (χ1) is 17.0. The normalized spacial score (nSPS) is 17.9. The average molecular weight is 479 g/mol. The summed E-state index contributed by atoms with van der Waals surface area (Å²) >= 11 is 0. The highest BCUT2D eigenvalue weighted by Crippen LogP contribution is 2.44. The molecule has 1 aliphatic heterocycles. The van der Waals surface area contributed by atoms with Crippen LogP contribution in [-0.2, 0) is 14.3 Å². The van der Waals surface area contributed by atoms with E-state index in [0.29, 0.717) is 25.9 Å². The Morgan fingerprint density at radius 1 is 1.06 bits per heavy atom. The number of carboxylic acid groups (broad SMARTS) is 1. The lowest BCUT2D eigenvalue weighted by Crippen LogP contribution is -2.47. The number of nitrogens with one attached hydrogen (secondary N) is 1. The zero-order valence-electron chi connectivity index (χ0n) is 20.2. The number of fused-ring (bicyclic) bond motifs is 3. The molecule has 2 amide bonds. The smallest absolute Gasteiger partial charge is 0.407 e. The summed E-state index contributed by atoms with van der Waals surface area (Å²) in [6.07, 6.45) is 3.43. The molecule has 2 aromatic rings. The maximum atomic E-state index is 12.9. The van der Waals surface area contributed by atoms with Gasteiger partial charge < -0.3 is 20.1 Å². The van der Waals surface area contributed by atoms with Gasteiger partial charge in [-0.25, -0.2) is 4.79 Å². The SMILES string of the molecule is CC(CCCNC(=O)OCC1c2ccccc2-c2ccccc21)C(=O)N1CCCCC1CC(=O)O. The number of carbonyl (C=O) groups excluding carboxylic acids is 2. The molecule has 186 valence electrons. The Morgan fingerprint density at radius 2 is 1.71 bits per heavy atom. The molecule has 0 bridgehead atoms. The second-order valence-electron chi connectivity index (χ2n) is 9.57. The number of carboxylic acids is 1. The van der Waals surface area contributed by atoms with Crippen molar-refractivity contribution in [1.29, 1.82) is 0 Å². The first kappa shape index (κ1) is 24.8. The molecule has 1 saturated heterocycles. The minimum absolute atomic E-state index is 0.00179. The van der Waals surface area contributed by atoms with Crippen LogP contribution in [0.2, 0.25) is 0 Å². The van der Waals surface area contributed by atoms with Gasteiger partial charge in [0, 0.05) is 31.0 Å². The van der Waals surface area contributed by atoms with Gasteiger partial charge in [0.2, 0.25) is 5.91 Å². The molecule has 1 fully saturated rings. The monoisotopic (exact) mass is 478 g/mol. The lowest BCUT2D eigenvalue weighted by Gasteiger charge is -2.36. The summed E-state index contributed by atoms with van der Waals surface area (Å²) in [6.45, 7) is 3.20. The second kappa shape index (κ2) is 11.4. The number of likely N-dealkylation sites (tertiary alicyclic amines) is 1. The van der Waals surface area contributed by atoms with Crippen LogP contribution in [-0.4, -0.2) is 53.7 Å². The summed E-state index contributed by atoms with van der Waals surface area (Å²) in [5, 5.41) is 11.9. The molecular weight excluding hydrogens is 444 g/mol. The van der Waals surface area contributed by atoms with Crippen molar-refractivity contribution in [3.8, 4) is 11.1 Å². The quantitative estimate of drug-likeness (QED) is 0.505. The predicted molar refractivity (Wildman–Crippen MR) is 133 cm³/mol. The van der Waals surface area contributed by atoms with Gasteiger partial charge in [0.1, 0.15) is 6.61 Å². The third-order valence-electron chi connectivity index (χ3n) is 7.17. The molecule has 2 aromatic carbocycles. The molecule has 7 heteroatoms. The van der Waals surface area contributed by atoms with Gasteiger partial charge in [-0.15, -0.1) is 0 Å². The molecule has 2 aliphatic rings. The lowest BCUT2D eigenvalue weighted by molar-refractivity contribution is -0.143. The minimum Gasteiger partial charge on any atom is -0.481 e. The van der Waals surface area contributed by atoms with Gasteiger partial charge in [-0.1, -0.05) is 55.5 Å². The van der Waals surface area contributed by atoms with Gasteiger partial charge in [-0.2, -0.15) is 0 Å². The van der Waals surface area contributed by atoms with Gasteiger partial charge in [-0.3, -0.25) is 9.59 Å². The van der Waals surface area contributed by atoms with E-state index >= 15 is 0 Å². The highest BCUT2D eigenvalue weighted by atomic mass is 16.5. The number of hydrogen-bond donors (Lipinski definition) is 2. The van der Waals surface area contributed by atoms with Gasteiger partial charge in [-0.05, 0) is 54.4 Å². The summed E-state index contributed by atoms with van der Waals surface area (Å²) in [5.41, 5.74) is 4.73. The van der Waals surface area contributed by atoms with E-state index in [0.717, 1.165) is 19.3 Å². The minimum atomic E-state index is -0.866. The molecule has 0 spiro atoms. The summed E-state index contributed by atoms with van der Waals surface area (Å²) in [7, 11) is 0. The summed E-state index contributed by atoms with van der Waals surface area (Å²) in [6, 6.07) is 16.2. The molecule has 1 heterocycles. The number of nitrogens with zero attached hydrogens (tertiary/aromatic N) is 1. The predicted octanol–water partition coefficient (Wildman–Crippen LogP) is 4.80. The molecule has 0 saturated carbocycles. The molecule has 0 radical (unpaired) electrons. The van der Waals surface area contributed by atoms with Crippen molar-refractivity contribution in [1.82, 2.24) is 10.2 Å². The number of benzene rings is 2. The number of ether oxygens (including phenoxy) is 1. The third-order valence-corrected chi connectivity index (χ3v) is 7.17. The molecule has 4 rings (SSSR count). The molecule has 35 heavy (non-hydrogen) atoms. The maximum absolute atomic E-state index is 12.9. The average Bonchev–Trinajstić information content (AvgIpc) is 3.18. The van der Waals surface area contributed by atoms with Crippen molar-refractivity contribution < 1.29 is 24.2 Å². The van der Waals surface area contributed by atoms with Gasteiger partial charge in [0.05, 0.1) is 6.42 Å². The lowest BCUT2D eigenvalue weighted by atomic mass is 9.95.